The zero-order valence-electron chi connectivity index (χ0n) is 12.1. The first kappa shape index (κ1) is 15.1. The largest absolute Gasteiger partial charge is 0.481 e. The zero-order valence-corrected chi connectivity index (χ0v) is 12.1. The van der Waals surface area contributed by atoms with E-state index in [9.17, 15) is 9.59 Å². The van der Waals surface area contributed by atoms with Gasteiger partial charge in [0.2, 0.25) is 0 Å². The lowest BCUT2D eigenvalue weighted by atomic mass is 10.1. The van der Waals surface area contributed by atoms with Gasteiger partial charge in [-0.1, -0.05) is 0 Å². The van der Waals surface area contributed by atoms with Crippen LogP contribution in [0.3, 0.4) is 0 Å². The summed E-state index contributed by atoms with van der Waals surface area (Å²) in [4.78, 5) is 26.2. The second-order valence-corrected chi connectivity index (χ2v) is 5.92. The molecule has 1 aliphatic carbocycles. The van der Waals surface area contributed by atoms with Gasteiger partial charge in [-0.15, -0.1) is 0 Å². The molecule has 1 atom stereocenters. The van der Waals surface area contributed by atoms with Gasteiger partial charge in [-0.3, -0.25) is 4.79 Å². The van der Waals surface area contributed by atoms with Crippen molar-refractivity contribution in [3.8, 4) is 0 Å². The van der Waals surface area contributed by atoms with E-state index in [2.05, 4.69) is 0 Å². The van der Waals surface area contributed by atoms with E-state index in [0.29, 0.717) is 26.2 Å². The SMILES string of the molecule is CN(CCOCC1CC1)C(=O)N1CCC(CC(=O)O)C1. The first-order chi connectivity index (χ1) is 9.56. The number of rotatable bonds is 7. The highest BCUT2D eigenvalue weighted by Crippen LogP contribution is 2.28. The third kappa shape index (κ3) is 4.67. The number of ether oxygens (including phenoxy) is 1. The van der Waals surface area contributed by atoms with Crippen LogP contribution in [-0.4, -0.2) is 66.8 Å². The summed E-state index contributed by atoms with van der Waals surface area (Å²) in [6, 6.07) is -0.0205. The van der Waals surface area contributed by atoms with E-state index >= 15 is 0 Å². The van der Waals surface area contributed by atoms with Crippen molar-refractivity contribution in [1.82, 2.24) is 9.80 Å². The van der Waals surface area contributed by atoms with Gasteiger partial charge >= 0.3 is 12.0 Å². The highest BCUT2D eigenvalue weighted by atomic mass is 16.5. The molecule has 0 spiro atoms. The van der Waals surface area contributed by atoms with Crippen LogP contribution in [0.5, 0.6) is 0 Å². The van der Waals surface area contributed by atoms with E-state index in [0.717, 1.165) is 18.9 Å². The number of carbonyl (C=O) groups excluding carboxylic acids is 1. The molecular weight excluding hydrogens is 260 g/mol. The summed E-state index contributed by atoms with van der Waals surface area (Å²) in [5.41, 5.74) is 0. The van der Waals surface area contributed by atoms with E-state index in [1.165, 1.54) is 12.8 Å². The summed E-state index contributed by atoms with van der Waals surface area (Å²) < 4.78 is 5.52. The third-order valence-corrected chi connectivity index (χ3v) is 3.97. The molecule has 0 aromatic heterocycles. The van der Waals surface area contributed by atoms with Crippen molar-refractivity contribution in [3.05, 3.63) is 0 Å². The van der Waals surface area contributed by atoms with Crippen molar-refractivity contribution in [2.75, 3.05) is 39.9 Å². The molecule has 1 saturated carbocycles. The minimum Gasteiger partial charge on any atom is -0.481 e. The van der Waals surface area contributed by atoms with Crippen LogP contribution in [0.2, 0.25) is 0 Å². The molecule has 2 aliphatic rings. The monoisotopic (exact) mass is 284 g/mol. The zero-order chi connectivity index (χ0) is 14.5. The minimum absolute atomic E-state index is 0.0205. The van der Waals surface area contributed by atoms with E-state index in [1.807, 2.05) is 0 Å². The molecule has 6 heteroatoms. The first-order valence-electron chi connectivity index (χ1n) is 7.36. The molecule has 1 N–H and O–H groups in total. The number of amides is 2. The Bertz CT molecular complexity index is 357. The molecule has 1 unspecified atom stereocenters. The summed E-state index contributed by atoms with van der Waals surface area (Å²) in [6.07, 6.45) is 3.48. The number of likely N-dealkylation sites (N-methyl/N-ethyl adjacent to an activating group) is 1. The van der Waals surface area contributed by atoms with E-state index < -0.39 is 5.97 Å². The van der Waals surface area contributed by atoms with Gasteiger partial charge in [0.1, 0.15) is 0 Å². The number of urea groups is 1. The molecule has 1 saturated heterocycles. The van der Waals surface area contributed by atoms with Crippen molar-refractivity contribution in [3.63, 3.8) is 0 Å². The van der Waals surface area contributed by atoms with E-state index in [-0.39, 0.29) is 18.4 Å². The van der Waals surface area contributed by atoms with Crippen LogP contribution >= 0.6 is 0 Å². The Balaban J connectivity index is 1.63. The highest BCUT2D eigenvalue weighted by Gasteiger charge is 2.29. The standard InChI is InChI=1S/C14H24N2O4/c1-15(6-7-20-10-11-2-3-11)14(19)16-5-4-12(9-16)8-13(17)18/h11-12H,2-10H2,1H3,(H,17,18). The quantitative estimate of drug-likeness (QED) is 0.715. The van der Waals surface area contributed by atoms with Gasteiger partial charge in [0.15, 0.2) is 0 Å². The smallest absolute Gasteiger partial charge is 0.319 e. The Morgan fingerprint density at radius 1 is 1.30 bits per heavy atom. The van der Waals surface area contributed by atoms with Gasteiger partial charge in [0, 0.05) is 39.7 Å². The van der Waals surface area contributed by atoms with E-state index in [1.54, 1.807) is 16.8 Å². The Labute approximate surface area is 119 Å². The number of aliphatic carboxylic acids is 1. The second-order valence-electron chi connectivity index (χ2n) is 5.92. The average molecular weight is 284 g/mol. The van der Waals surface area contributed by atoms with E-state index in [4.69, 9.17) is 9.84 Å². The highest BCUT2D eigenvalue weighted by molar-refractivity contribution is 5.74. The molecule has 2 fully saturated rings. The lowest BCUT2D eigenvalue weighted by molar-refractivity contribution is -0.138. The van der Waals surface area contributed by atoms with Gasteiger partial charge in [-0.2, -0.15) is 0 Å². The maximum atomic E-state index is 12.2. The van der Waals surface area contributed by atoms with Crippen LogP contribution in [0.25, 0.3) is 0 Å². The number of carboxylic acid groups (broad SMARTS) is 1. The average Bonchev–Trinajstić information content (AvgIpc) is 3.11. The fourth-order valence-corrected chi connectivity index (χ4v) is 2.49. The van der Waals surface area contributed by atoms with Crippen molar-refractivity contribution >= 4 is 12.0 Å². The predicted molar refractivity (Wildman–Crippen MR) is 73.5 cm³/mol. The Kier molecular flexibility index (Phi) is 5.23. The molecule has 114 valence electrons. The molecule has 20 heavy (non-hydrogen) atoms. The van der Waals surface area contributed by atoms with Crippen molar-refractivity contribution in [2.45, 2.75) is 25.7 Å². The van der Waals surface area contributed by atoms with Crippen LogP contribution in [0, 0.1) is 11.8 Å². The molecule has 1 heterocycles. The molecule has 0 aromatic rings. The van der Waals surface area contributed by atoms with Crippen molar-refractivity contribution in [2.24, 2.45) is 11.8 Å². The van der Waals surface area contributed by atoms with Crippen LogP contribution in [0.15, 0.2) is 0 Å². The topological polar surface area (TPSA) is 70.1 Å². The van der Waals surface area contributed by atoms with Crippen LogP contribution in [0.4, 0.5) is 4.79 Å². The van der Waals surface area contributed by atoms with Gasteiger partial charge < -0.3 is 19.6 Å². The summed E-state index contributed by atoms with van der Waals surface area (Å²) in [5, 5.41) is 8.77. The fourth-order valence-electron chi connectivity index (χ4n) is 2.49. The molecule has 0 bridgehead atoms. The first-order valence-corrected chi connectivity index (χ1v) is 7.36. The molecule has 2 amide bonds. The molecule has 0 aromatic carbocycles. The van der Waals surface area contributed by atoms with Gasteiger partial charge in [0.05, 0.1) is 6.61 Å². The summed E-state index contributed by atoms with van der Waals surface area (Å²) in [5.74, 6) is 0.0495. The lowest BCUT2D eigenvalue weighted by Crippen LogP contribution is -2.41. The maximum Gasteiger partial charge on any atom is 0.319 e. The predicted octanol–water partition coefficient (Wildman–Crippen LogP) is 1.26. The number of carboxylic acids is 1. The number of likely N-dealkylation sites (tertiary alicyclic amines) is 1. The normalized spacial score (nSPS) is 22.1. The summed E-state index contributed by atoms with van der Waals surface area (Å²) in [7, 11) is 1.77. The Morgan fingerprint density at radius 2 is 2.05 bits per heavy atom. The number of carbonyl (C=O) groups is 2. The van der Waals surface area contributed by atoms with Crippen molar-refractivity contribution in [1.29, 1.82) is 0 Å². The molecule has 2 rings (SSSR count). The maximum absolute atomic E-state index is 12.2. The van der Waals surface area contributed by atoms with Crippen molar-refractivity contribution < 1.29 is 19.4 Å². The number of hydrogen-bond acceptors (Lipinski definition) is 3. The minimum atomic E-state index is -0.786. The number of nitrogens with zero attached hydrogens (tertiary/aromatic N) is 2. The molecule has 1 aliphatic heterocycles. The van der Waals surface area contributed by atoms with Gasteiger partial charge in [-0.05, 0) is 31.1 Å². The Hall–Kier alpha value is -1.30. The summed E-state index contributed by atoms with van der Waals surface area (Å²) in [6.45, 7) is 3.19. The molecule has 0 radical (unpaired) electrons. The second kappa shape index (κ2) is 6.92. The Morgan fingerprint density at radius 3 is 2.70 bits per heavy atom. The number of hydrogen-bond donors (Lipinski definition) is 1. The van der Waals surface area contributed by atoms with Crippen LogP contribution in [0.1, 0.15) is 25.7 Å². The van der Waals surface area contributed by atoms with Crippen LogP contribution < -0.4 is 0 Å². The van der Waals surface area contributed by atoms with Gasteiger partial charge in [-0.25, -0.2) is 4.79 Å². The third-order valence-electron chi connectivity index (χ3n) is 3.97. The summed E-state index contributed by atoms with van der Waals surface area (Å²) >= 11 is 0. The molecule has 6 nitrogen and oxygen atoms in total. The molecular formula is C14H24N2O4. The lowest BCUT2D eigenvalue weighted by Gasteiger charge is -2.24. The van der Waals surface area contributed by atoms with Crippen LogP contribution in [-0.2, 0) is 9.53 Å². The fraction of sp³-hybridized carbons (Fsp3) is 0.857. The van der Waals surface area contributed by atoms with Gasteiger partial charge in [0.25, 0.3) is 0 Å².